The molecule has 3 rings (SSSR count). The molecule has 0 unspecified atom stereocenters. The van der Waals surface area contributed by atoms with E-state index in [-0.39, 0.29) is 31.2 Å². The van der Waals surface area contributed by atoms with Crippen LogP contribution in [0, 0.1) is 27.7 Å². The van der Waals surface area contributed by atoms with Gasteiger partial charge in [-0.05, 0) is 62.9 Å². The molecule has 0 aliphatic carbocycles. The van der Waals surface area contributed by atoms with Crippen LogP contribution in [0.4, 0.5) is 5.69 Å². The Hall–Kier alpha value is -3.61. The zero-order valence-corrected chi connectivity index (χ0v) is 19.0. The molecule has 32 heavy (non-hydrogen) atoms. The highest BCUT2D eigenvalue weighted by Gasteiger charge is 2.15. The molecule has 0 aliphatic rings. The number of anilines is 1. The molecule has 0 saturated carbocycles. The maximum atomic E-state index is 12.4. The summed E-state index contributed by atoms with van der Waals surface area (Å²) in [6.07, 6.45) is 0.295. The lowest BCUT2D eigenvalue weighted by atomic mass is 10.0. The first-order chi connectivity index (χ1) is 15.2. The molecule has 0 fully saturated rings. The minimum absolute atomic E-state index is 0.0725. The third-order valence-corrected chi connectivity index (χ3v) is 5.48. The largest absolute Gasteiger partial charge is 0.497 e. The highest BCUT2D eigenvalue weighted by molar-refractivity contribution is 5.95. The van der Waals surface area contributed by atoms with E-state index in [1.54, 1.807) is 19.2 Å². The molecule has 1 aromatic heterocycles. The fraction of sp³-hybridized carbons (Fsp3) is 0.320. The van der Waals surface area contributed by atoms with Gasteiger partial charge in [0.05, 0.1) is 13.7 Å². The van der Waals surface area contributed by atoms with Gasteiger partial charge in [0.15, 0.2) is 0 Å². The Morgan fingerprint density at radius 3 is 2.34 bits per heavy atom. The predicted octanol–water partition coefficient (Wildman–Crippen LogP) is 3.72. The number of benzene rings is 2. The van der Waals surface area contributed by atoms with E-state index in [1.165, 1.54) is 0 Å². The van der Waals surface area contributed by atoms with E-state index in [2.05, 4.69) is 10.6 Å². The van der Waals surface area contributed by atoms with Crippen molar-refractivity contribution in [2.45, 2.75) is 40.5 Å². The van der Waals surface area contributed by atoms with Crippen LogP contribution in [-0.2, 0) is 16.0 Å². The number of aryl methyl sites for hydroxylation is 4. The van der Waals surface area contributed by atoms with Gasteiger partial charge in [0.1, 0.15) is 11.3 Å². The lowest BCUT2D eigenvalue weighted by molar-refractivity contribution is -0.124. The van der Waals surface area contributed by atoms with E-state index >= 15 is 0 Å². The summed E-state index contributed by atoms with van der Waals surface area (Å²) in [6, 6.07) is 9.27. The number of methoxy groups -OCH3 is 1. The maximum Gasteiger partial charge on any atom is 0.339 e. The van der Waals surface area contributed by atoms with Gasteiger partial charge in [0.25, 0.3) is 0 Å². The SMILES string of the molecule is COc1ccc2c(C)c(CCC(=O)NCC(=O)Nc3c(C)cc(C)cc3C)c(=O)oc2c1. The fourth-order valence-corrected chi connectivity index (χ4v) is 3.86. The van der Waals surface area contributed by atoms with Crippen molar-refractivity contribution in [3.63, 3.8) is 0 Å². The van der Waals surface area contributed by atoms with E-state index in [4.69, 9.17) is 9.15 Å². The summed E-state index contributed by atoms with van der Waals surface area (Å²) in [7, 11) is 1.54. The Morgan fingerprint density at radius 2 is 1.69 bits per heavy atom. The van der Waals surface area contributed by atoms with E-state index in [9.17, 15) is 14.4 Å². The normalized spacial score (nSPS) is 10.8. The third kappa shape index (κ3) is 5.17. The number of carbonyl (C=O) groups excluding carboxylic acids is 2. The molecular formula is C25H28N2O5. The zero-order chi connectivity index (χ0) is 23.4. The van der Waals surface area contributed by atoms with Crippen LogP contribution in [0.2, 0.25) is 0 Å². The molecule has 2 amide bonds. The lowest BCUT2D eigenvalue weighted by Crippen LogP contribution is -2.33. The van der Waals surface area contributed by atoms with Gasteiger partial charge < -0.3 is 19.8 Å². The Labute approximate surface area is 186 Å². The Morgan fingerprint density at radius 1 is 1.00 bits per heavy atom. The summed E-state index contributed by atoms with van der Waals surface area (Å²) >= 11 is 0. The first-order valence-electron chi connectivity index (χ1n) is 10.4. The van der Waals surface area contributed by atoms with Crippen molar-refractivity contribution < 1.29 is 18.7 Å². The molecule has 0 bridgehead atoms. The van der Waals surface area contributed by atoms with Crippen molar-refractivity contribution in [1.29, 1.82) is 0 Å². The molecule has 2 aromatic carbocycles. The van der Waals surface area contributed by atoms with Gasteiger partial charge in [-0.25, -0.2) is 4.79 Å². The second-order valence-electron chi connectivity index (χ2n) is 7.95. The van der Waals surface area contributed by atoms with Crippen molar-refractivity contribution in [2.75, 3.05) is 19.0 Å². The van der Waals surface area contributed by atoms with Crippen LogP contribution in [0.15, 0.2) is 39.5 Å². The van der Waals surface area contributed by atoms with Crippen molar-refractivity contribution >= 4 is 28.5 Å². The van der Waals surface area contributed by atoms with E-state index in [0.29, 0.717) is 16.9 Å². The smallest absolute Gasteiger partial charge is 0.339 e. The van der Waals surface area contributed by atoms with Gasteiger partial charge in [-0.15, -0.1) is 0 Å². The Kier molecular flexibility index (Phi) is 6.98. The Bertz CT molecular complexity index is 1220. The maximum absolute atomic E-state index is 12.4. The average molecular weight is 437 g/mol. The summed E-state index contributed by atoms with van der Waals surface area (Å²) in [6.45, 7) is 7.55. The number of ether oxygens (including phenoxy) is 1. The molecule has 7 heteroatoms. The number of fused-ring (bicyclic) bond motifs is 1. The molecule has 168 valence electrons. The predicted molar refractivity (Wildman–Crippen MR) is 124 cm³/mol. The second-order valence-corrected chi connectivity index (χ2v) is 7.95. The van der Waals surface area contributed by atoms with Crippen LogP contribution in [0.5, 0.6) is 5.75 Å². The van der Waals surface area contributed by atoms with Crippen molar-refractivity contribution in [1.82, 2.24) is 5.32 Å². The molecule has 0 atom stereocenters. The average Bonchev–Trinajstić information content (AvgIpc) is 2.74. The standard InChI is InChI=1S/C25H28N2O5/c1-14-10-15(2)24(16(3)11-14)27-23(29)13-26-22(28)9-8-20-17(4)19-7-6-18(31-5)12-21(19)32-25(20)30/h6-7,10-12H,8-9,13H2,1-5H3,(H,26,28)(H,27,29). The second kappa shape index (κ2) is 9.68. The first kappa shape index (κ1) is 23.1. The van der Waals surface area contributed by atoms with Crippen LogP contribution in [-0.4, -0.2) is 25.5 Å². The van der Waals surface area contributed by atoms with Crippen LogP contribution < -0.4 is 21.0 Å². The number of hydrogen-bond acceptors (Lipinski definition) is 5. The van der Waals surface area contributed by atoms with Crippen LogP contribution >= 0.6 is 0 Å². The molecule has 0 aliphatic heterocycles. The van der Waals surface area contributed by atoms with Crippen molar-refractivity contribution in [3.8, 4) is 5.75 Å². The Balaban J connectivity index is 1.60. The van der Waals surface area contributed by atoms with Gasteiger partial charge >= 0.3 is 5.63 Å². The van der Waals surface area contributed by atoms with Gasteiger partial charge in [-0.3, -0.25) is 9.59 Å². The van der Waals surface area contributed by atoms with E-state index in [0.717, 1.165) is 33.3 Å². The van der Waals surface area contributed by atoms with Crippen LogP contribution in [0.25, 0.3) is 11.0 Å². The van der Waals surface area contributed by atoms with Gasteiger partial charge in [0, 0.05) is 29.1 Å². The molecule has 0 saturated heterocycles. The summed E-state index contributed by atoms with van der Waals surface area (Å²) < 4.78 is 10.6. The van der Waals surface area contributed by atoms with Crippen LogP contribution in [0.1, 0.15) is 34.2 Å². The summed E-state index contributed by atoms with van der Waals surface area (Å²) in [5.41, 5.74) is 5.02. The summed E-state index contributed by atoms with van der Waals surface area (Å²) in [5, 5.41) is 6.26. The number of amides is 2. The monoisotopic (exact) mass is 436 g/mol. The summed E-state index contributed by atoms with van der Waals surface area (Å²) in [4.78, 5) is 37.0. The highest BCUT2D eigenvalue weighted by Crippen LogP contribution is 2.24. The quantitative estimate of drug-likeness (QED) is 0.550. The molecular weight excluding hydrogens is 408 g/mol. The van der Waals surface area contributed by atoms with Gasteiger partial charge in [-0.2, -0.15) is 0 Å². The van der Waals surface area contributed by atoms with E-state index in [1.807, 2.05) is 45.9 Å². The number of nitrogens with one attached hydrogen (secondary N) is 2. The number of carbonyl (C=O) groups is 2. The molecule has 7 nitrogen and oxygen atoms in total. The van der Waals surface area contributed by atoms with Gasteiger partial charge in [-0.1, -0.05) is 17.7 Å². The highest BCUT2D eigenvalue weighted by atomic mass is 16.5. The summed E-state index contributed by atoms with van der Waals surface area (Å²) in [5.74, 6) is -0.0173. The third-order valence-electron chi connectivity index (χ3n) is 5.48. The zero-order valence-electron chi connectivity index (χ0n) is 19.0. The van der Waals surface area contributed by atoms with Gasteiger partial charge in [0.2, 0.25) is 11.8 Å². The topological polar surface area (TPSA) is 97.6 Å². The molecule has 1 heterocycles. The molecule has 0 spiro atoms. The minimum Gasteiger partial charge on any atom is -0.497 e. The first-order valence-corrected chi connectivity index (χ1v) is 10.4. The van der Waals surface area contributed by atoms with Crippen LogP contribution in [0.3, 0.4) is 0 Å². The minimum atomic E-state index is -0.473. The van der Waals surface area contributed by atoms with Crippen molar-refractivity contribution in [3.05, 3.63) is 68.6 Å². The van der Waals surface area contributed by atoms with E-state index < -0.39 is 5.63 Å². The number of rotatable bonds is 7. The molecule has 3 aromatic rings. The fourth-order valence-electron chi connectivity index (χ4n) is 3.86. The molecule has 2 N–H and O–H groups in total. The van der Waals surface area contributed by atoms with Crippen molar-refractivity contribution in [2.24, 2.45) is 0 Å². The lowest BCUT2D eigenvalue weighted by Gasteiger charge is -2.13. The number of hydrogen-bond donors (Lipinski definition) is 2. The molecule has 0 radical (unpaired) electrons.